The number of benzene rings is 3. The van der Waals surface area contributed by atoms with Crippen molar-refractivity contribution in [2.75, 3.05) is 5.32 Å². The van der Waals surface area contributed by atoms with Crippen molar-refractivity contribution in [1.29, 1.82) is 0 Å². The number of carboxylic acid groups (broad SMARTS) is 1. The van der Waals surface area contributed by atoms with E-state index >= 15 is 0 Å². The third-order valence-electron chi connectivity index (χ3n) is 4.78. The minimum atomic E-state index is -1.07. The number of aromatic carboxylic acids is 1. The van der Waals surface area contributed by atoms with Crippen LogP contribution in [0.15, 0.2) is 85.1 Å². The van der Waals surface area contributed by atoms with Crippen LogP contribution in [0.25, 0.3) is 5.57 Å². The summed E-state index contributed by atoms with van der Waals surface area (Å²) in [6, 6.07) is 18.1. The number of amides is 1. The van der Waals surface area contributed by atoms with Crippen molar-refractivity contribution in [1.82, 2.24) is 0 Å². The smallest absolute Gasteiger partial charge is 0.335 e. The molecule has 198 valence electrons. The number of hydrogen-bond donors (Lipinski definition) is 4. The molecular formula is C29H28ClF2N2O4+. The van der Waals surface area contributed by atoms with Crippen LogP contribution >= 0.6 is 11.6 Å². The van der Waals surface area contributed by atoms with Gasteiger partial charge in [0, 0.05) is 17.7 Å². The van der Waals surface area contributed by atoms with Crippen LogP contribution < -0.4 is 10.8 Å². The maximum atomic E-state index is 14.2. The predicted octanol–water partition coefficient (Wildman–Crippen LogP) is 5.83. The Morgan fingerprint density at radius 1 is 1.03 bits per heavy atom. The van der Waals surface area contributed by atoms with Gasteiger partial charge < -0.3 is 10.4 Å². The van der Waals surface area contributed by atoms with E-state index in [1.54, 1.807) is 0 Å². The number of carboxylic acids is 1. The summed E-state index contributed by atoms with van der Waals surface area (Å²) in [7, 11) is 0. The van der Waals surface area contributed by atoms with E-state index in [0.29, 0.717) is 11.2 Å². The van der Waals surface area contributed by atoms with Gasteiger partial charge in [-0.15, -0.1) is 12.8 Å². The summed E-state index contributed by atoms with van der Waals surface area (Å²) in [6.07, 6.45) is 12.3. The van der Waals surface area contributed by atoms with Crippen LogP contribution in [0.5, 0.6) is 0 Å². The average molecular weight is 542 g/mol. The molecule has 0 bridgehead atoms. The highest BCUT2D eigenvalue weighted by Gasteiger charge is 2.16. The molecule has 0 aliphatic heterocycles. The van der Waals surface area contributed by atoms with E-state index in [-0.39, 0.29) is 40.5 Å². The Hall–Kier alpha value is -4.29. The quantitative estimate of drug-likeness (QED) is 0.125. The zero-order valence-electron chi connectivity index (χ0n) is 20.6. The molecule has 0 aliphatic rings. The molecule has 0 spiro atoms. The number of quaternary nitrogens is 1. The second-order valence-corrected chi connectivity index (χ2v) is 7.92. The molecule has 0 radical (unpaired) electrons. The molecule has 3 aromatic rings. The molecule has 0 fully saturated rings. The molecule has 3 rings (SSSR count). The monoisotopic (exact) mass is 541 g/mol. The number of carbonyl (C=O) groups excluding carboxylic acids is 1. The van der Waals surface area contributed by atoms with Gasteiger partial charge in [-0.1, -0.05) is 59.6 Å². The Balaban J connectivity index is 0.000000682. The Bertz CT molecular complexity index is 1270. The van der Waals surface area contributed by atoms with Crippen LogP contribution in [0.1, 0.15) is 34.3 Å². The van der Waals surface area contributed by atoms with Crippen LogP contribution in [0.2, 0.25) is 5.02 Å². The number of aryl methyl sites for hydroxylation is 1. The van der Waals surface area contributed by atoms with Gasteiger partial charge in [-0.25, -0.2) is 18.8 Å². The summed E-state index contributed by atoms with van der Waals surface area (Å²) in [5, 5.41) is 20.2. The molecule has 1 amide bonds. The van der Waals surface area contributed by atoms with Crippen LogP contribution in [0.4, 0.5) is 14.5 Å². The molecule has 0 saturated heterocycles. The van der Waals surface area contributed by atoms with Gasteiger partial charge in [0.15, 0.2) is 5.82 Å². The summed E-state index contributed by atoms with van der Waals surface area (Å²) >= 11 is 5.69. The lowest BCUT2D eigenvalue weighted by molar-refractivity contribution is -0.837. The number of halogens is 3. The van der Waals surface area contributed by atoms with Crippen LogP contribution in [0, 0.1) is 31.4 Å². The summed E-state index contributed by atoms with van der Waals surface area (Å²) < 4.78 is 28.1. The first-order chi connectivity index (χ1) is 18.2. The van der Waals surface area contributed by atoms with Gasteiger partial charge in [-0.2, -0.15) is 5.48 Å². The number of terminal acetylenes is 1. The second kappa shape index (κ2) is 17.2. The van der Waals surface area contributed by atoms with Crippen molar-refractivity contribution in [3.8, 4) is 12.8 Å². The van der Waals surface area contributed by atoms with Crippen molar-refractivity contribution in [3.63, 3.8) is 0 Å². The molecule has 0 atom stereocenters. The lowest BCUT2D eigenvalue weighted by Crippen LogP contribution is -2.73. The summed E-state index contributed by atoms with van der Waals surface area (Å²) in [4.78, 5) is 22.8. The van der Waals surface area contributed by atoms with Gasteiger partial charge in [-0.05, 0) is 49.7 Å². The fourth-order valence-electron chi connectivity index (χ4n) is 2.97. The first-order valence-corrected chi connectivity index (χ1v) is 11.6. The number of hydroxylamine groups is 1. The van der Waals surface area contributed by atoms with Crippen molar-refractivity contribution >= 4 is 34.7 Å². The van der Waals surface area contributed by atoms with E-state index in [4.69, 9.17) is 21.9 Å². The maximum absolute atomic E-state index is 14.2. The van der Waals surface area contributed by atoms with Gasteiger partial charge in [0.25, 0.3) is 0 Å². The molecule has 38 heavy (non-hydrogen) atoms. The summed E-state index contributed by atoms with van der Waals surface area (Å²) in [5.41, 5.74) is 2.18. The first kappa shape index (κ1) is 31.7. The van der Waals surface area contributed by atoms with Gasteiger partial charge in [-0.3, -0.25) is 4.79 Å². The number of anilines is 1. The second-order valence-electron chi connectivity index (χ2n) is 7.52. The first-order valence-electron chi connectivity index (χ1n) is 11.2. The lowest BCUT2D eigenvalue weighted by atomic mass is 10.0. The van der Waals surface area contributed by atoms with Crippen molar-refractivity contribution < 1.29 is 34.2 Å². The van der Waals surface area contributed by atoms with Crippen LogP contribution in [-0.4, -0.2) is 22.2 Å². The zero-order valence-corrected chi connectivity index (χ0v) is 21.3. The van der Waals surface area contributed by atoms with Gasteiger partial charge in [0.05, 0.1) is 16.1 Å². The van der Waals surface area contributed by atoms with Crippen molar-refractivity contribution in [2.45, 2.75) is 19.8 Å². The molecule has 6 nitrogen and oxygen atoms in total. The normalized spacial score (nSPS) is 10.6. The highest BCUT2D eigenvalue weighted by Crippen LogP contribution is 2.27. The Morgan fingerprint density at radius 2 is 1.66 bits per heavy atom. The third kappa shape index (κ3) is 10.8. The van der Waals surface area contributed by atoms with E-state index in [9.17, 15) is 18.4 Å². The number of nitrogens with one attached hydrogen (secondary N) is 1. The predicted molar refractivity (Wildman–Crippen MR) is 145 cm³/mol. The largest absolute Gasteiger partial charge is 0.478 e. The molecule has 0 aliphatic carbocycles. The Kier molecular flexibility index (Phi) is 14.4. The molecule has 0 heterocycles. The van der Waals surface area contributed by atoms with E-state index in [2.05, 4.69) is 37.2 Å². The van der Waals surface area contributed by atoms with Crippen LogP contribution in [-0.2, 0) is 4.79 Å². The number of allylic oxidation sites excluding steroid dienone is 3. The molecule has 0 saturated carbocycles. The highest BCUT2D eigenvalue weighted by molar-refractivity contribution is 6.31. The minimum Gasteiger partial charge on any atom is -0.478 e. The van der Waals surface area contributed by atoms with Gasteiger partial charge >= 0.3 is 5.97 Å². The number of rotatable bonds is 8. The molecule has 0 aromatic heterocycles. The van der Waals surface area contributed by atoms with E-state index in [0.717, 1.165) is 18.3 Å². The summed E-state index contributed by atoms with van der Waals surface area (Å²) in [6.45, 7) is 2.08. The van der Waals surface area contributed by atoms with Gasteiger partial charge in [0.2, 0.25) is 5.91 Å². The Labute approximate surface area is 225 Å². The lowest BCUT2D eigenvalue weighted by Gasteiger charge is -2.06. The number of nitrogens with two attached hydrogens (primary N) is 1. The topological polar surface area (TPSA) is 103 Å². The SMILES string of the molecule is C#C.Cc1ccccc1.O=C(CC/C=C\C(=C/[NH2+]O)c1c(F)ccc(Cl)c1F)Nc1ccc(C(=O)O)cc1. The average Bonchev–Trinajstić information content (AvgIpc) is 2.91. The maximum Gasteiger partial charge on any atom is 0.335 e. The van der Waals surface area contributed by atoms with Crippen LogP contribution in [0.3, 0.4) is 0 Å². The third-order valence-corrected chi connectivity index (χ3v) is 5.07. The zero-order chi connectivity index (χ0) is 28.5. The molecular weight excluding hydrogens is 514 g/mol. The van der Waals surface area contributed by atoms with E-state index < -0.39 is 17.6 Å². The number of hydrogen-bond acceptors (Lipinski definition) is 3. The molecule has 5 N–H and O–H groups in total. The number of carbonyl (C=O) groups is 2. The fourth-order valence-corrected chi connectivity index (χ4v) is 3.13. The molecule has 3 aromatic carbocycles. The Morgan fingerprint density at radius 3 is 2.18 bits per heavy atom. The van der Waals surface area contributed by atoms with Gasteiger partial charge in [0.1, 0.15) is 12.0 Å². The van der Waals surface area contributed by atoms with E-state index in [1.807, 2.05) is 18.2 Å². The standard InChI is InChI=1S/C20H17ClF2N2O4.C7H8.C2H2/c21-15-9-10-16(22)18(19(15)23)13(11-24-29)3-1-2-4-17(26)25-14-7-5-12(6-8-14)20(27)28;1-7-5-3-2-4-6-7;1-2/h1,3,5-11,24,29H,2,4H2,(H,25,26)(H,27,28);2-6H,1H3;1-2H/p+1/b3-1-,13-11+;;. The van der Waals surface area contributed by atoms with E-state index in [1.165, 1.54) is 42.0 Å². The van der Waals surface area contributed by atoms with Crippen molar-refractivity contribution in [3.05, 3.63) is 118 Å². The highest BCUT2D eigenvalue weighted by atomic mass is 35.5. The molecule has 0 unspecified atom stereocenters. The molecule has 9 heteroatoms. The van der Waals surface area contributed by atoms with Crippen molar-refractivity contribution in [2.24, 2.45) is 0 Å². The fraction of sp³-hybridized carbons (Fsp3) is 0.103. The minimum absolute atomic E-state index is 0.0506. The summed E-state index contributed by atoms with van der Waals surface area (Å²) in [5.74, 6) is -3.18.